The molecule has 0 aromatic rings. The summed E-state index contributed by atoms with van der Waals surface area (Å²) in [5.41, 5.74) is -1.51. The Bertz CT molecular complexity index is 416. The van der Waals surface area contributed by atoms with Crippen molar-refractivity contribution in [1.82, 2.24) is 10.6 Å². The van der Waals surface area contributed by atoms with Gasteiger partial charge in [0, 0.05) is 6.61 Å². The zero-order valence-electron chi connectivity index (χ0n) is 12.1. The molecule has 20 heavy (non-hydrogen) atoms. The van der Waals surface area contributed by atoms with Crippen molar-refractivity contribution in [1.29, 1.82) is 0 Å². The fourth-order valence-electron chi connectivity index (χ4n) is 2.54. The van der Waals surface area contributed by atoms with Crippen LogP contribution in [0.25, 0.3) is 0 Å². The summed E-state index contributed by atoms with van der Waals surface area (Å²) in [5.74, 6) is -0.968. The molecular formula is C13H22N2O5. The van der Waals surface area contributed by atoms with Gasteiger partial charge in [-0.15, -0.1) is 0 Å². The Morgan fingerprint density at radius 3 is 2.60 bits per heavy atom. The number of ether oxygens (including phenoxy) is 2. The van der Waals surface area contributed by atoms with Crippen LogP contribution < -0.4 is 10.6 Å². The van der Waals surface area contributed by atoms with Crippen LogP contribution in [0.15, 0.2) is 0 Å². The molecular weight excluding hydrogens is 264 g/mol. The summed E-state index contributed by atoms with van der Waals surface area (Å²) in [6, 6.07) is -0.922. The monoisotopic (exact) mass is 286 g/mol. The second-order valence-electron chi connectivity index (χ2n) is 6.07. The highest BCUT2D eigenvalue weighted by Gasteiger charge is 2.48. The zero-order valence-corrected chi connectivity index (χ0v) is 12.1. The van der Waals surface area contributed by atoms with E-state index in [9.17, 15) is 14.7 Å². The zero-order chi connectivity index (χ0) is 15.0. The van der Waals surface area contributed by atoms with Crippen LogP contribution in [0.1, 0.15) is 27.2 Å². The molecule has 2 rings (SSSR count). The molecule has 0 aromatic carbocycles. The largest absolute Gasteiger partial charge is 0.481 e. The van der Waals surface area contributed by atoms with E-state index in [0.29, 0.717) is 6.61 Å². The summed E-state index contributed by atoms with van der Waals surface area (Å²) in [5, 5.41) is 14.9. The van der Waals surface area contributed by atoms with Crippen LogP contribution >= 0.6 is 0 Å². The molecule has 0 aromatic heterocycles. The van der Waals surface area contributed by atoms with Crippen molar-refractivity contribution in [3.8, 4) is 0 Å². The highest BCUT2D eigenvalue weighted by atomic mass is 16.5. The molecule has 0 saturated carbocycles. The second-order valence-corrected chi connectivity index (χ2v) is 6.07. The van der Waals surface area contributed by atoms with Crippen LogP contribution in [0.4, 0.5) is 4.79 Å². The molecule has 3 N–H and O–H groups in total. The Balaban J connectivity index is 1.96. The normalized spacial score (nSPS) is 40.5. The molecule has 4 atom stereocenters. The Labute approximate surface area is 118 Å². The lowest BCUT2D eigenvalue weighted by Gasteiger charge is -2.31. The first kappa shape index (κ1) is 15.1. The molecule has 2 heterocycles. The smallest absolute Gasteiger partial charge is 0.315 e. The number of hydrogen-bond acceptors (Lipinski definition) is 4. The van der Waals surface area contributed by atoms with Crippen LogP contribution in [0, 0.1) is 5.41 Å². The van der Waals surface area contributed by atoms with Gasteiger partial charge in [-0.25, -0.2) is 4.79 Å². The second kappa shape index (κ2) is 5.21. The topological polar surface area (TPSA) is 96.9 Å². The van der Waals surface area contributed by atoms with Gasteiger partial charge in [0.2, 0.25) is 0 Å². The molecule has 0 radical (unpaired) electrons. The lowest BCUT2D eigenvalue weighted by Crippen LogP contribution is -2.58. The third-order valence-electron chi connectivity index (χ3n) is 4.53. The molecule has 2 aliphatic heterocycles. The summed E-state index contributed by atoms with van der Waals surface area (Å²) < 4.78 is 10.7. The Morgan fingerprint density at radius 1 is 1.35 bits per heavy atom. The third-order valence-corrected chi connectivity index (χ3v) is 4.53. The summed E-state index contributed by atoms with van der Waals surface area (Å²) in [6.45, 7) is 6.33. The summed E-state index contributed by atoms with van der Waals surface area (Å²) in [7, 11) is 0. The number of urea groups is 1. The number of aliphatic carboxylic acids is 1. The van der Waals surface area contributed by atoms with Crippen LogP contribution in [0.2, 0.25) is 0 Å². The van der Waals surface area contributed by atoms with Gasteiger partial charge in [0.15, 0.2) is 0 Å². The van der Waals surface area contributed by atoms with Crippen LogP contribution in [-0.2, 0) is 14.3 Å². The molecule has 2 saturated heterocycles. The van der Waals surface area contributed by atoms with Crippen LogP contribution in [-0.4, -0.2) is 54.6 Å². The molecule has 0 aliphatic carbocycles. The standard InChI is InChI=1S/C13H22N2O5/c1-8-13(3,4-5-20-8)15-11(18)14-9-6-19-7-12(9,2)10(16)17/h8-9H,4-7H2,1-3H3,(H,16,17)(H2,14,15,18). The number of nitrogens with one attached hydrogen (secondary N) is 2. The maximum Gasteiger partial charge on any atom is 0.315 e. The van der Waals surface area contributed by atoms with Gasteiger partial charge in [0.25, 0.3) is 0 Å². The minimum Gasteiger partial charge on any atom is -0.481 e. The molecule has 7 heteroatoms. The van der Waals surface area contributed by atoms with Gasteiger partial charge >= 0.3 is 12.0 Å². The molecule has 0 spiro atoms. The van der Waals surface area contributed by atoms with Gasteiger partial charge in [0.05, 0.1) is 30.9 Å². The van der Waals surface area contributed by atoms with Crippen LogP contribution in [0.5, 0.6) is 0 Å². The van der Waals surface area contributed by atoms with Crippen molar-refractivity contribution in [2.24, 2.45) is 5.41 Å². The summed E-state index contributed by atoms with van der Waals surface area (Å²) in [4.78, 5) is 23.4. The van der Waals surface area contributed by atoms with Gasteiger partial charge < -0.3 is 25.2 Å². The van der Waals surface area contributed by atoms with Crippen molar-refractivity contribution < 1.29 is 24.2 Å². The Kier molecular flexibility index (Phi) is 3.93. The quantitative estimate of drug-likeness (QED) is 0.695. The number of carboxylic acids is 1. The van der Waals surface area contributed by atoms with Gasteiger partial charge in [-0.2, -0.15) is 0 Å². The number of hydrogen-bond donors (Lipinski definition) is 3. The van der Waals surface area contributed by atoms with E-state index in [2.05, 4.69) is 10.6 Å². The average Bonchev–Trinajstić information content (AvgIpc) is 2.86. The van der Waals surface area contributed by atoms with E-state index in [4.69, 9.17) is 9.47 Å². The first-order chi connectivity index (χ1) is 9.28. The van der Waals surface area contributed by atoms with Gasteiger partial charge in [-0.1, -0.05) is 0 Å². The molecule has 0 bridgehead atoms. The van der Waals surface area contributed by atoms with E-state index in [-0.39, 0.29) is 25.3 Å². The average molecular weight is 286 g/mol. The van der Waals surface area contributed by atoms with Crippen molar-refractivity contribution >= 4 is 12.0 Å². The fourth-order valence-corrected chi connectivity index (χ4v) is 2.54. The van der Waals surface area contributed by atoms with E-state index >= 15 is 0 Å². The Hall–Kier alpha value is -1.34. The number of amides is 2. The minimum atomic E-state index is -1.09. The number of carbonyl (C=O) groups is 2. The predicted molar refractivity (Wildman–Crippen MR) is 70.5 cm³/mol. The molecule has 4 unspecified atom stereocenters. The molecule has 2 fully saturated rings. The lowest BCUT2D eigenvalue weighted by atomic mass is 9.85. The molecule has 7 nitrogen and oxygen atoms in total. The van der Waals surface area contributed by atoms with E-state index in [0.717, 1.165) is 6.42 Å². The van der Waals surface area contributed by atoms with E-state index in [1.807, 2.05) is 13.8 Å². The van der Waals surface area contributed by atoms with Crippen molar-refractivity contribution in [2.75, 3.05) is 19.8 Å². The lowest BCUT2D eigenvalue weighted by molar-refractivity contribution is -0.148. The van der Waals surface area contributed by atoms with Gasteiger partial charge in [-0.3, -0.25) is 4.79 Å². The summed E-state index contributed by atoms with van der Waals surface area (Å²) in [6.07, 6.45) is 0.665. The van der Waals surface area contributed by atoms with Crippen LogP contribution in [0.3, 0.4) is 0 Å². The van der Waals surface area contributed by atoms with Crippen molar-refractivity contribution in [3.63, 3.8) is 0 Å². The molecule has 2 amide bonds. The fraction of sp³-hybridized carbons (Fsp3) is 0.846. The Morgan fingerprint density at radius 2 is 2.05 bits per heavy atom. The molecule has 114 valence electrons. The number of carbonyl (C=O) groups excluding carboxylic acids is 1. The van der Waals surface area contributed by atoms with Gasteiger partial charge in [0.1, 0.15) is 5.41 Å². The number of carboxylic acid groups (broad SMARTS) is 1. The van der Waals surface area contributed by atoms with Crippen molar-refractivity contribution in [3.05, 3.63) is 0 Å². The third kappa shape index (κ3) is 2.60. The van der Waals surface area contributed by atoms with E-state index in [1.165, 1.54) is 0 Å². The highest BCUT2D eigenvalue weighted by molar-refractivity contribution is 5.79. The summed E-state index contributed by atoms with van der Waals surface area (Å²) >= 11 is 0. The first-order valence-electron chi connectivity index (χ1n) is 6.79. The van der Waals surface area contributed by atoms with E-state index in [1.54, 1.807) is 6.92 Å². The minimum absolute atomic E-state index is 0.0704. The van der Waals surface area contributed by atoms with E-state index < -0.39 is 23.0 Å². The first-order valence-corrected chi connectivity index (χ1v) is 6.79. The maximum atomic E-state index is 12.1. The maximum absolute atomic E-state index is 12.1. The molecule has 2 aliphatic rings. The number of rotatable bonds is 3. The predicted octanol–water partition coefficient (Wildman–Crippen LogP) is 0.343. The van der Waals surface area contributed by atoms with Crippen molar-refractivity contribution in [2.45, 2.75) is 44.9 Å². The highest BCUT2D eigenvalue weighted by Crippen LogP contribution is 2.29. The van der Waals surface area contributed by atoms with Gasteiger partial charge in [-0.05, 0) is 27.2 Å². The SMILES string of the molecule is CC1OCCC1(C)NC(=O)NC1COCC1(C)C(=O)O.